The number of phosphoric ester groups is 1. The van der Waals surface area contributed by atoms with E-state index in [0.29, 0.717) is 12.2 Å². The topological polar surface area (TPSA) is 93.1 Å². The Bertz CT molecular complexity index is 283. The van der Waals surface area contributed by atoms with E-state index in [1.807, 2.05) is 0 Å². The van der Waals surface area contributed by atoms with Crippen LogP contribution in [0.1, 0.15) is 40.0 Å². The highest BCUT2D eigenvalue weighted by molar-refractivity contribution is 7.46. The predicted molar refractivity (Wildman–Crippen MR) is 69.0 cm³/mol. The van der Waals surface area contributed by atoms with Crippen molar-refractivity contribution in [2.75, 3.05) is 13.2 Å². The number of phosphoric acid groups is 1. The van der Waals surface area contributed by atoms with Crippen molar-refractivity contribution in [3.05, 3.63) is 12.2 Å². The van der Waals surface area contributed by atoms with Crippen molar-refractivity contribution >= 4 is 13.8 Å². The molecule has 0 radical (unpaired) electrons. The maximum atomic E-state index is 10.8. The van der Waals surface area contributed by atoms with Crippen LogP contribution in [0.5, 0.6) is 0 Å². The molecule has 6 nitrogen and oxygen atoms in total. The molecule has 0 rings (SSSR count). The van der Waals surface area contributed by atoms with Gasteiger partial charge in [-0.1, -0.05) is 26.3 Å². The fourth-order valence-corrected chi connectivity index (χ4v) is 1.14. The molecule has 0 aliphatic rings. The number of carbonyl (C=O) groups excluding carboxylic acids is 1. The molecular weight excluding hydrogens is 259 g/mol. The van der Waals surface area contributed by atoms with E-state index in [9.17, 15) is 9.36 Å². The van der Waals surface area contributed by atoms with Crippen molar-refractivity contribution in [2.45, 2.75) is 40.0 Å². The third-order valence-electron chi connectivity index (χ3n) is 1.63. The van der Waals surface area contributed by atoms with Gasteiger partial charge in [-0.25, -0.2) is 9.36 Å². The van der Waals surface area contributed by atoms with Crippen LogP contribution < -0.4 is 0 Å². The first-order chi connectivity index (χ1) is 8.24. The molecule has 0 spiro atoms. The fraction of sp³-hybridized carbons (Fsp3) is 0.727. The third-order valence-corrected chi connectivity index (χ3v) is 2.22. The minimum Gasteiger partial charge on any atom is -0.462 e. The van der Waals surface area contributed by atoms with Gasteiger partial charge in [0.05, 0.1) is 13.2 Å². The number of hydrogen-bond acceptors (Lipinski definition) is 4. The van der Waals surface area contributed by atoms with Crippen molar-refractivity contribution in [3.63, 3.8) is 0 Å². The maximum absolute atomic E-state index is 10.8. The third kappa shape index (κ3) is 17.7. The molecule has 0 aromatic carbocycles. The highest BCUT2D eigenvalue weighted by atomic mass is 31.2. The fourth-order valence-electron chi connectivity index (χ4n) is 0.808. The Hall–Kier alpha value is -0.680. The normalized spacial score (nSPS) is 10.3. The first-order valence-electron chi connectivity index (χ1n) is 5.77. The highest BCUT2D eigenvalue weighted by Gasteiger charge is 2.10. The zero-order chi connectivity index (χ0) is 14.6. The summed E-state index contributed by atoms with van der Waals surface area (Å²) < 4.78 is 18.5. The Kier molecular flexibility index (Phi) is 12.5. The zero-order valence-corrected chi connectivity index (χ0v) is 12.1. The van der Waals surface area contributed by atoms with Gasteiger partial charge in [0.2, 0.25) is 0 Å². The van der Waals surface area contributed by atoms with Gasteiger partial charge in [-0.05, 0) is 20.3 Å². The molecule has 0 aliphatic carbocycles. The first-order valence-corrected chi connectivity index (χ1v) is 7.30. The minimum absolute atomic E-state index is 0.0459. The van der Waals surface area contributed by atoms with E-state index in [0.717, 1.165) is 19.3 Å². The van der Waals surface area contributed by atoms with E-state index in [1.54, 1.807) is 6.92 Å². The summed E-state index contributed by atoms with van der Waals surface area (Å²) in [6.45, 7) is 9.33. The summed E-state index contributed by atoms with van der Waals surface area (Å²) in [6, 6.07) is 0. The number of hydrogen-bond donors (Lipinski definition) is 2. The van der Waals surface area contributed by atoms with Crippen LogP contribution in [0.2, 0.25) is 0 Å². The summed E-state index contributed by atoms with van der Waals surface area (Å²) in [5, 5.41) is 0. The lowest BCUT2D eigenvalue weighted by Gasteiger charge is -2.02. The molecule has 0 bridgehead atoms. The summed E-state index contributed by atoms with van der Waals surface area (Å²) >= 11 is 0. The molecule has 0 fully saturated rings. The molecule has 18 heavy (non-hydrogen) atoms. The van der Waals surface area contributed by atoms with Crippen LogP contribution in [0.15, 0.2) is 12.2 Å². The van der Waals surface area contributed by atoms with Crippen LogP contribution in [-0.2, 0) is 18.6 Å². The largest absolute Gasteiger partial charge is 0.469 e. The summed E-state index contributed by atoms with van der Waals surface area (Å²) in [5.74, 6) is -0.277. The average molecular weight is 282 g/mol. The molecular formula is C11H23O6P. The molecule has 0 saturated carbocycles. The van der Waals surface area contributed by atoms with E-state index in [-0.39, 0.29) is 12.6 Å². The second-order valence-corrected chi connectivity index (χ2v) is 4.77. The lowest BCUT2D eigenvalue weighted by atomic mass is 10.3. The second kappa shape index (κ2) is 11.4. The first kappa shape index (κ1) is 19.7. The van der Waals surface area contributed by atoms with Gasteiger partial charge in [-0.15, -0.1) is 0 Å². The number of unbranched alkanes of at least 4 members (excludes halogenated alkanes) is 2. The van der Waals surface area contributed by atoms with Crippen molar-refractivity contribution in [3.8, 4) is 0 Å². The number of esters is 1. The predicted octanol–water partition coefficient (Wildman–Crippen LogP) is 2.41. The molecule has 2 N–H and O–H groups in total. The van der Waals surface area contributed by atoms with Gasteiger partial charge >= 0.3 is 13.8 Å². The molecule has 0 aliphatic heterocycles. The van der Waals surface area contributed by atoms with E-state index < -0.39 is 7.82 Å². The lowest BCUT2D eigenvalue weighted by Crippen LogP contribution is -2.05. The Balaban J connectivity index is 0. The van der Waals surface area contributed by atoms with Crippen LogP contribution in [0.25, 0.3) is 0 Å². The van der Waals surface area contributed by atoms with E-state index >= 15 is 0 Å². The Labute approximate surface area is 108 Å². The molecule has 0 heterocycles. The molecule has 7 heteroatoms. The van der Waals surface area contributed by atoms with E-state index in [2.05, 4.69) is 18.0 Å². The summed E-state index contributed by atoms with van der Waals surface area (Å²) in [7, 11) is -4.17. The van der Waals surface area contributed by atoms with Gasteiger partial charge in [-0.2, -0.15) is 0 Å². The standard InChI is InChI=1S/C9H16O2.C2H7O4P/c1-4-5-6-7-11-9(10)8(2)3;1-2-6-7(3,4)5/h2,4-7H2,1,3H3;2H2,1H3,(H2,3,4,5). The molecule has 0 unspecified atom stereocenters. The van der Waals surface area contributed by atoms with Crippen molar-refractivity contribution < 1.29 is 28.4 Å². The summed E-state index contributed by atoms with van der Waals surface area (Å²) in [6.07, 6.45) is 3.21. The SMILES string of the molecule is C=C(C)C(=O)OCCCCC.CCOP(=O)(O)O. The smallest absolute Gasteiger partial charge is 0.462 e. The van der Waals surface area contributed by atoms with Crippen LogP contribution in [-0.4, -0.2) is 29.0 Å². The van der Waals surface area contributed by atoms with Crippen molar-refractivity contribution in [2.24, 2.45) is 0 Å². The number of rotatable bonds is 7. The Morgan fingerprint density at radius 3 is 2.11 bits per heavy atom. The van der Waals surface area contributed by atoms with Gasteiger partial charge in [0.25, 0.3) is 0 Å². The van der Waals surface area contributed by atoms with Crippen LogP contribution >= 0.6 is 7.82 Å². The summed E-state index contributed by atoms with van der Waals surface area (Å²) in [4.78, 5) is 26.6. The van der Waals surface area contributed by atoms with Gasteiger partial charge in [0, 0.05) is 5.57 Å². The lowest BCUT2D eigenvalue weighted by molar-refractivity contribution is -0.139. The van der Waals surface area contributed by atoms with E-state index in [1.165, 1.54) is 6.92 Å². The maximum Gasteiger partial charge on any atom is 0.469 e. The Morgan fingerprint density at radius 2 is 1.83 bits per heavy atom. The molecule has 0 aromatic heterocycles. The van der Waals surface area contributed by atoms with Gasteiger partial charge in [0.15, 0.2) is 0 Å². The molecule has 0 saturated heterocycles. The molecule has 0 amide bonds. The number of carbonyl (C=O) groups is 1. The Morgan fingerprint density at radius 1 is 1.28 bits per heavy atom. The van der Waals surface area contributed by atoms with Crippen LogP contribution in [0.3, 0.4) is 0 Å². The quantitative estimate of drug-likeness (QED) is 0.322. The minimum atomic E-state index is -4.17. The van der Waals surface area contributed by atoms with Gasteiger partial charge in [-0.3, -0.25) is 4.52 Å². The average Bonchev–Trinajstić information content (AvgIpc) is 2.23. The second-order valence-electron chi connectivity index (χ2n) is 3.53. The monoisotopic (exact) mass is 282 g/mol. The van der Waals surface area contributed by atoms with Crippen LogP contribution in [0.4, 0.5) is 0 Å². The van der Waals surface area contributed by atoms with Crippen molar-refractivity contribution in [1.29, 1.82) is 0 Å². The summed E-state index contributed by atoms with van der Waals surface area (Å²) in [5.41, 5.74) is 0.474. The number of ether oxygens (including phenoxy) is 1. The molecule has 0 atom stereocenters. The zero-order valence-electron chi connectivity index (χ0n) is 11.2. The van der Waals surface area contributed by atoms with Crippen LogP contribution in [0, 0.1) is 0 Å². The van der Waals surface area contributed by atoms with Gasteiger partial charge in [0.1, 0.15) is 0 Å². The van der Waals surface area contributed by atoms with Crippen molar-refractivity contribution in [1.82, 2.24) is 0 Å². The molecule has 108 valence electrons. The molecule has 0 aromatic rings. The van der Waals surface area contributed by atoms with Gasteiger partial charge < -0.3 is 14.5 Å². The highest BCUT2D eigenvalue weighted by Crippen LogP contribution is 2.34. The van der Waals surface area contributed by atoms with E-state index in [4.69, 9.17) is 14.5 Å².